The Hall–Kier alpha value is -9.39. The van der Waals surface area contributed by atoms with Crippen LogP contribution in [-0.2, 0) is 5.41 Å². The van der Waals surface area contributed by atoms with E-state index in [4.69, 9.17) is 19.4 Å². The predicted octanol–water partition coefficient (Wildman–Crippen LogP) is 18.0. The van der Waals surface area contributed by atoms with Gasteiger partial charge in [-0.1, -0.05) is 198 Å². The Morgan fingerprint density at radius 1 is 0.338 bits per heavy atom. The van der Waals surface area contributed by atoms with Gasteiger partial charge in [0.15, 0.2) is 5.82 Å². The molecule has 0 atom stereocenters. The van der Waals surface area contributed by atoms with Crippen LogP contribution in [0.5, 0.6) is 0 Å². The number of fused-ring (bicyclic) bond motifs is 12. The van der Waals surface area contributed by atoms with Gasteiger partial charge in [0, 0.05) is 48.9 Å². The zero-order chi connectivity index (χ0) is 49.7. The Balaban J connectivity index is 0.00000249. The zero-order valence-electron chi connectivity index (χ0n) is 41.5. The molecule has 6 nitrogen and oxygen atoms in total. The first-order valence-electron chi connectivity index (χ1n) is 25.6. The molecule has 0 N–H and O–H groups in total. The minimum Gasteiger partial charge on any atom is -0.456 e. The van der Waals surface area contributed by atoms with E-state index in [1.54, 1.807) is 0 Å². The average molecular weight is 952 g/mol. The highest BCUT2D eigenvalue weighted by Gasteiger charge is 2.35. The minimum atomic E-state index is -0.0728. The Kier molecular flexibility index (Phi) is 9.89. The molecule has 1 aliphatic carbocycles. The molecule has 14 aromatic rings. The fourth-order valence-electron chi connectivity index (χ4n) is 11.8. The van der Waals surface area contributed by atoms with E-state index < -0.39 is 0 Å². The molecular weight excluding hydrogens is 903 g/mol. The van der Waals surface area contributed by atoms with Crippen molar-refractivity contribution in [3.63, 3.8) is 0 Å². The summed E-state index contributed by atoms with van der Waals surface area (Å²) < 4.78 is 10.9. The van der Waals surface area contributed by atoms with Gasteiger partial charge in [0.05, 0.1) is 22.1 Å². The molecule has 6 heteroatoms. The highest BCUT2D eigenvalue weighted by molar-refractivity contribution is 6.14. The van der Waals surface area contributed by atoms with E-state index in [9.17, 15) is 0 Å². The van der Waals surface area contributed by atoms with E-state index in [0.717, 1.165) is 93.4 Å². The third-order valence-electron chi connectivity index (χ3n) is 15.2. The molecule has 74 heavy (non-hydrogen) atoms. The first kappa shape index (κ1) is 43.4. The summed E-state index contributed by atoms with van der Waals surface area (Å²) >= 11 is 0. The summed E-state index contributed by atoms with van der Waals surface area (Å²) in [5.41, 5.74) is 18.7. The quantitative estimate of drug-likeness (QED) is 0.167. The summed E-state index contributed by atoms with van der Waals surface area (Å²) in [5, 5.41) is 6.61. The lowest BCUT2D eigenvalue weighted by molar-refractivity contribution is 0.660. The highest BCUT2D eigenvalue weighted by Crippen LogP contribution is 2.50. The van der Waals surface area contributed by atoms with Crippen molar-refractivity contribution in [3.05, 3.63) is 236 Å². The Labute approximate surface area is 428 Å². The molecule has 0 fully saturated rings. The molecule has 0 radical (unpaired) electrons. The lowest BCUT2D eigenvalue weighted by atomic mass is 9.81. The molecule has 1 aliphatic rings. The van der Waals surface area contributed by atoms with Crippen molar-refractivity contribution in [1.29, 1.82) is 0 Å². The summed E-state index contributed by atoms with van der Waals surface area (Å²) in [6, 6.07) is 80.3. The second kappa shape index (κ2) is 16.9. The van der Waals surface area contributed by atoms with E-state index in [1.165, 1.54) is 33.4 Å². The molecule has 10 aromatic carbocycles. The molecule has 4 aromatic heterocycles. The molecular formula is C68H49N5O. The first-order chi connectivity index (χ1) is 36.4. The molecule has 4 heterocycles. The van der Waals surface area contributed by atoms with Gasteiger partial charge in [-0.05, 0) is 105 Å². The molecule has 0 amide bonds. The minimum absolute atomic E-state index is 0.0728. The Morgan fingerprint density at radius 3 is 1.54 bits per heavy atom. The summed E-state index contributed by atoms with van der Waals surface area (Å²) in [6.45, 7) is 8.69. The van der Waals surface area contributed by atoms with Gasteiger partial charge in [-0.2, -0.15) is 15.0 Å². The van der Waals surface area contributed by atoms with Gasteiger partial charge in [0.1, 0.15) is 11.2 Å². The van der Waals surface area contributed by atoms with E-state index in [1.807, 2.05) is 32.0 Å². The molecule has 0 bridgehead atoms. The lowest BCUT2D eigenvalue weighted by Gasteiger charge is -2.22. The van der Waals surface area contributed by atoms with Crippen LogP contribution >= 0.6 is 0 Å². The number of hydrogen-bond acceptors (Lipinski definition) is 4. The van der Waals surface area contributed by atoms with Crippen molar-refractivity contribution in [2.24, 2.45) is 0 Å². The Bertz CT molecular complexity index is 4510. The summed E-state index contributed by atoms with van der Waals surface area (Å²) in [7, 11) is 0. The first-order valence-corrected chi connectivity index (χ1v) is 25.6. The molecule has 0 saturated carbocycles. The van der Waals surface area contributed by atoms with E-state index in [-0.39, 0.29) is 5.41 Å². The second-order valence-corrected chi connectivity index (χ2v) is 19.6. The van der Waals surface area contributed by atoms with Crippen LogP contribution in [0.2, 0.25) is 0 Å². The lowest BCUT2D eigenvalue weighted by Crippen LogP contribution is -2.14. The van der Waals surface area contributed by atoms with E-state index in [2.05, 4.69) is 229 Å². The second-order valence-electron chi connectivity index (χ2n) is 19.6. The van der Waals surface area contributed by atoms with Crippen LogP contribution in [0.1, 0.15) is 38.8 Å². The number of furan rings is 1. The van der Waals surface area contributed by atoms with Crippen LogP contribution in [0.3, 0.4) is 0 Å². The number of para-hydroxylation sites is 5. The maximum Gasteiger partial charge on any atom is 0.240 e. The topological polar surface area (TPSA) is 61.7 Å². The van der Waals surface area contributed by atoms with Gasteiger partial charge in [0.2, 0.25) is 11.9 Å². The van der Waals surface area contributed by atoms with Gasteiger partial charge in [-0.15, -0.1) is 0 Å². The maximum absolute atomic E-state index is 6.44. The standard InChI is InChI=1S/C66H43N5O.C2H6/c1-66(2)55-27-8-3-20-47(55)48-34-32-43(38-56(48)66)41-17-13-16-40(36-41)42-18-14-19-44(37-42)46-25-15-26-54-51-23-6-11-30-59(51)71(62(46)54)65-68-63(45-33-35-53-52-24-7-12-31-60(52)72-61(53)39-45)67-64(69-65)70-57-28-9-4-21-49(57)50-22-5-10-29-58(50)70;1-2/h3-39H,1-2H3;1-2H3. The maximum atomic E-state index is 6.44. The van der Waals surface area contributed by atoms with E-state index in [0.29, 0.717) is 17.7 Å². The van der Waals surface area contributed by atoms with Crippen molar-refractivity contribution in [1.82, 2.24) is 24.1 Å². The largest absolute Gasteiger partial charge is 0.456 e. The average Bonchev–Trinajstić information content (AvgIpc) is 4.23. The van der Waals surface area contributed by atoms with Crippen molar-refractivity contribution >= 4 is 65.6 Å². The number of nitrogens with zero attached hydrogens (tertiary/aromatic N) is 5. The number of aromatic nitrogens is 5. The van der Waals surface area contributed by atoms with Gasteiger partial charge >= 0.3 is 0 Å². The SMILES string of the molecule is CC.CC1(C)c2ccccc2-c2ccc(-c3cccc(-c4cccc(-c5cccc6c7ccccc7n(-c7nc(-c8ccc9c(c8)oc8ccccc89)nc(-n8c9ccccc9c9ccccc98)n7)c56)c4)c3)cc21. The van der Waals surface area contributed by atoms with Crippen LogP contribution in [-0.4, -0.2) is 24.1 Å². The zero-order valence-corrected chi connectivity index (χ0v) is 41.5. The van der Waals surface area contributed by atoms with Crippen LogP contribution in [0.25, 0.3) is 133 Å². The molecule has 0 saturated heterocycles. The van der Waals surface area contributed by atoms with Crippen molar-refractivity contribution in [2.45, 2.75) is 33.1 Å². The third-order valence-corrected chi connectivity index (χ3v) is 15.2. The van der Waals surface area contributed by atoms with Crippen LogP contribution in [0.4, 0.5) is 0 Å². The van der Waals surface area contributed by atoms with Gasteiger partial charge < -0.3 is 4.42 Å². The van der Waals surface area contributed by atoms with E-state index >= 15 is 0 Å². The summed E-state index contributed by atoms with van der Waals surface area (Å²) in [6.07, 6.45) is 0. The van der Waals surface area contributed by atoms with Gasteiger partial charge in [-0.3, -0.25) is 9.13 Å². The van der Waals surface area contributed by atoms with Crippen LogP contribution in [0.15, 0.2) is 229 Å². The summed E-state index contributed by atoms with van der Waals surface area (Å²) in [4.78, 5) is 16.3. The van der Waals surface area contributed by atoms with Crippen LogP contribution in [0, 0.1) is 0 Å². The number of benzene rings is 10. The smallest absolute Gasteiger partial charge is 0.240 e. The third kappa shape index (κ3) is 6.61. The van der Waals surface area contributed by atoms with Crippen molar-refractivity contribution in [2.75, 3.05) is 0 Å². The fourth-order valence-corrected chi connectivity index (χ4v) is 11.8. The predicted molar refractivity (Wildman–Crippen MR) is 306 cm³/mol. The summed E-state index contributed by atoms with van der Waals surface area (Å²) in [5.74, 6) is 1.59. The molecule has 15 rings (SSSR count). The molecule has 352 valence electrons. The van der Waals surface area contributed by atoms with Crippen molar-refractivity contribution < 1.29 is 4.42 Å². The molecule has 0 aliphatic heterocycles. The van der Waals surface area contributed by atoms with Crippen molar-refractivity contribution in [3.8, 4) is 67.8 Å². The fraction of sp³-hybridized carbons (Fsp3) is 0.0735. The molecule has 0 unspecified atom stereocenters. The van der Waals surface area contributed by atoms with Crippen LogP contribution < -0.4 is 0 Å². The number of rotatable bonds is 6. The molecule has 0 spiro atoms. The highest BCUT2D eigenvalue weighted by atomic mass is 16.3. The van der Waals surface area contributed by atoms with Gasteiger partial charge in [-0.25, -0.2) is 0 Å². The van der Waals surface area contributed by atoms with Gasteiger partial charge in [0.25, 0.3) is 0 Å². The Morgan fingerprint density at radius 2 is 0.824 bits per heavy atom. The normalized spacial score (nSPS) is 12.7. The number of hydrogen-bond donors (Lipinski definition) is 0. The monoisotopic (exact) mass is 951 g/mol.